The van der Waals surface area contributed by atoms with Crippen LogP contribution >= 0.6 is 0 Å². The summed E-state index contributed by atoms with van der Waals surface area (Å²) in [5.74, 6) is 0. The summed E-state index contributed by atoms with van der Waals surface area (Å²) in [6, 6.07) is 38.6. The lowest BCUT2D eigenvalue weighted by Gasteiger charge is -2.10. The molecule has 0 radical (unpaired) electrons. The second-order valence-electron chi connectivity index (χ2n) is 10.8. The molecule has 0 aliphatic rings. The highest BCUT2D eigenvalue weighted by atomic mass is 16.3. The highest BCUT2D eigenvalue weighted by molar-refractivity contribution is 6.28. The number of hydrogen-bond donors (Lipinski definition) is 0. The Hall–Kier alpha value is -5.61. The Balaban J connectivity index is 1.38. The van der Waals surface area contributed by atoms with Crippen LogP contribution in [-0.4, -0.2) is 14.0 Å². The van der Waals surface area contributed by atoms with Crippen LogP contribution in [0.2, 0.25) is 0 Å². The summed E-state index contributed by atoms with van der Waals surface area (Å²) < 4.78 is 11.2. The van der Waals surface area contributed by atoms with Gasteiger partial charge in [-0.3, -0.25) is 0 Å². The Morgan fingerprint density at radius 2 is 1.55 bits per heavy atom. The molecule has 4 nitrogen and oxygen atoms in total. The van der Waals surface area contributed by atoms with E-state index in [1.54, 1.807) is 0 Å². The normalized spacial score (nSPS) is 12.3. The number of aromatic nitrogens is 3. The van der Waals surface area contributed by atoms with E-state index in [0.29, 0.717) is 0 Å². The van der Waals surface area contributed by atoms with Crippen molar-refractivity contribution in [2.45, 2.75) is 6.92 Å². The van der Waals surface area contributed by atoms with Crippen molar-refractivity contribution in [1.29, 1.82) is 0 Å². The Bertz CT molecular complexity index is 2490. The Labute approximate surface area is 241 Å². The van der Waals surface area contributed by atoms with Gasteiger partial charge in [-0.25, -0.2) is 4.98 Å². The lowest BCUT2D eigenvalue weighted by Crippen LogP contribution is -1.94. The third-order valence-corrected chi connectivity index (χ3v) is 8.43. The summed E-state index contributed by atoms with van der Waals surface area (Å²) in [5.41, 5.74) is 9.40. The molecule has 0 aliphatic heterocycles. The molecule has 0 aliphatic carbocycles. The Morgan fingerprint density at radius 1 is 0.738 bits per heavy atom. The first kappa shape index (κ1) is 23.1. The maximum atomic E-state index is 6.70. The van der Waals surface area contributed by atoms with E-state index in [-0.39, 0.29) is 0 Å². The molecule has 198 valence electrons. The zero-order valence-electron chi connectivity index (χ0n) is 23.0. The largest absolute Gasteiger partial charge is 0.455 e. The van der Waals surface area contributed by atoms with Crippen LogP contribution in [0.4, 0.5) is 0 Å². The molecular formula is C38H25N3O. The number of pyridine rings is 1. The monoisotopic (exact) mass is 539 g/mol. The number of nitrogens with zero attached hydrogens (tertiary/aromatic N) is 3. The van der Waals surface area contributed by atoms with Gasteiger partial charge in [-0.2, -0.15) is 0 Å². The van der Waals surface area contributed by atoms with Gasteiger partial charge in [0.05, 0.1) is 22.1 Å². The van der Waals surface area contributed by atoms with Gasteiger partial charge in [-0.1, -0.05) is 78.9 Å². The van der Waals surface area contributed by atoms with Gasteiger partial charge < -0.3 is 13.4 Å². The minimum atomic E-state index is 0.896. The molecule has 4 aromatic heterocycles. The summed E-state index contributed by atoms with van der Waals surface area (Å²) in [4.78, 5) is 4.84. The van der Waals surface area contributed by atoms with Crippen molar-refractivity contribution in [1.82, 2.24) is 14.0 Å². The smallest absolute Gasteiger partial charge is 0.143 e. The molecule has 0 unspecified atom stereocenters. The van der Waals surface area contributed by atoms with Crippen molar-refractivity contribution in [3.05, 3.63) is 133 Å². The molecular weight excluding hydrogens is 514 g/mol. The van der Waals surface area contributed by atoms with Crippen LogP contribution in [0.1, 0.15) is 12.5 Å². The molecule has 42 heavy (non-hydrogen) atoms. The topological polar surface area (TPSA) is 35.4 Å². The van der Waals surface area contributed by atoms with E-state index in [2.05, 4.69) is 125 Å². The van der Waals surface area contributed by atoms with Gasteiger partial charge in [0.1, 0.15) is 16.8 Å². The van der Waals surface area contributed by atoms with Crippen molar-refractivity contribution in [3.63, 3.8) is 0 Å². The maximum absolute atomic E-state index is 6.70. The number of para-hydroxylation sites is 1. The van der Waals surface area contributed by atoms with Crippen molar-refractivity contribution in [2.75, 3.05) is 0 Å². The van der Waals surface area contributed by atoms with Gasteiger partial charge in [0.15, 0.2) is 0 Å². The molecule has 0 saturated heterocycles. The van der Waals surface area contributed by atoms with E-state index in [9.17, 15) is 0 Å². The molecule has 0 atom stereocenters. The van der Waals surface area contributed by atoms with Crippen LogP contribution < -0.4 is 0 Å². The summed E-state index contributed by atoms with van der Waals surface area (Å²) in [6.45, 7) is 2.07. The third kappa shape index (κ3) is 3.20. The quantitative estimate of drug-likeness (QED) is 0.224. The fraction of sp³-hybridized carbons (Fsp3) is 0.0263. The minimum Gasteiger partial charge on any atom is -0.455 e. The van der Waals surface area contributed by atoms with Crippen LogP contribution in [0, 0.1) is 0 Å². The average molecular weight is 540 g/mol. The van der Waals surface area contributed by atoms with Crippen molar-refractivity contribution in [2.24, 2.45) is 0 Å². The number of benzene rings is 5. The predicted molar refractivity (Wildman–Crippen MR) is 174 cm³/mol. The number of rotatable bonds is 3. The number of furan rings is 1. The van der Waals surface area contributed by atoms with Crippen LogP contribution in [0.15, 0.2) is 132 Å². The SMILES string of the molecule is C/C=C/c1cc2oc3c4ccccc4ccc3c2c2c1c1ccccc1n2-c1ccc(-c2cn3ccccc3n2)cc1. The standard InChI is InChI=1S/C38H25N3O/c1-2-9-26-22-33-36(30-20-17-24-10-3-4-11-28(24)38(30)42-33)37-35(26)29-12-5-6-13-32(29)41(37)27-18-15-25(16-19-27)31-23-40-21-8-7-14-34(40)39-31/h2-23H,1H3/b9-2+. The van der Waals surface area contributed by atoms with Crippen LogP contribution in [0.25, 0.3) is 83.2 Å². The average Bonchev–Trinajstić information content (AvgIpc) is 3.73. The van der Waals surface area contributed by atoms with Gasteiger partial charge >= 0.3 is 0 Å². The van der Waals surface area contributed by atoms with Crippen LogP contribution in [-0.2, 0) is 0 Å². The van der Waals surface area contributed by atoms with Gasteiger partial charge in [0, 0.05) is 45.2 Å². The minimum absolute atomic E-state index is 0.896. The highest BCUT2D eigenvalue weighted by Gasteiger charge is 2.22. The summed E-state index contributed by atoms with van der Waals surface area (Å²) in [7, 11) is 0. The molecule has 4 heterocycles. The number of hydrogen-bond acceptors (Lipinski definition) is 2. The summed E-state index contributed by atoms with van der Waals surface area (Å²) >= 11 is 0. The molecule has 5 aromatic carbocycles. The van der Waals surface area contributed by atoms with Crippen LogP contribution in [0.3, 0.4) is 0 Å². The first-order valence-electron chi connectivity index (χ1n) is 14.3. The van der Waals surface area contributed by atoms with E-state index in [1.807, 2.05) is 24.4 Å². The molecule has 4 heteroatoms. The molecule has 9 aromatic rings. The fourth-order valence-corrected chi connectivity index (χ4v) is 6.61. The summed E-state index contributed by atoms with van der Waals surface area (Å²) in [6.07, 6.45) is 8.41. The number of fused-ring (bicyclic) bond motifs is 10. The fourth-order valence-electron chi connectivity index (χ4n) is 6.61. The molecule has 9 rings (SSSR count). The Kier molecular flexibility index (Phi) is 4.79. The summed E-state index contributed by atoms with van der Waals surface area (Å²) in [5, 5.41) is 7.03. The molecule has 0 fully saturated rings. The van der Waals surface area contributed by atoms with Crippen LogP contribution in [0.5, 0.6) is 0 Å². The van der Waals surface area contributed by atoms with Crippen molar-refractivity contribution < 1.29 is 4.42 Å². The van der Waals surface area contributed by atoms with E-state index >= 15 is 0 Å². The second kappa shape index (κ2) is 8.69. The zero-order chi connectivity index (χ0) is 27.8. The lowest BCUT2D eigenvalue weighted by molar-refractivity contribution is 0.673. The Morgan fingerprint density at radius 3 is 2.40 bits per heavy atom. The van der Waals surface area contributed by atoms with Crippen molar-refractivity contribution >= 4 is 66.2 Å². The molecule has 0 N–H and O–H groups in total. The van der Waals surface area contributed by atoms with Crippen molar-refractivity contribution in [3.8, 4) is 16.9 Å². The zero-order valence-corrected chi connectivity index (χ0v) is 23.0. The highest BCUT2D eigenvalue weighted by Crippen LogP contribution is 2.44. The second-order valence-corrected chi connectivity index (χ2v) is 10.8. The van der Waals surface area contributed by atoms with E-state index in [1.165, 1.54) is 21.7 Å². The van der Waals surface area contributed by atoms with E-state index in [0.717, 1.165) is 61.0 Å². The molecule has 0 bridgehead atoms. The molecule has 0 saturated carbocycles. The third-order valence-electron chi connectivity index (χ3n) is 8.43. The van der Waals surface area contributed by atoms with Gasteiger partial charge in [-0.15, -0.1) is 0 Å². The number of allylic oxidation sites excluding steroid dienone is 1. The molecule has 0 spiro atoms. The maximum Gasteiger partial charge on any atom is 0.143 e. The first-order valence-corrected chi connectivity index (χ1v) is 14.3. The van der Waals surface area contributed by atoms with Gasteiger partial charge in [0.25, 0.3) is 0 Å². The number of imidazole rings is 1. The van der Waals surface area contributed by atoms with E-state index in [4.69, 9.17) is 9.40 Å². The lowest BCUT2D eigenvalue weighted by atomic mass is 10.0. The van der Waals surface area contributed by atoms with Gasteiger partial charge in [0.2, 0.25) is 0 Å². The molecule has 0 amide bonds. The van der Waals surface area contributed by atoms with E-state index < -0.39 is 0 Å². The van der Waals surface area contributed by atoms with Gasteiger partial charge in [-0.05, 0) is 60.3 Å². The predicted octanol–water partition coefficient (Wildman–Crippen LogP) is 10.2. The first-order chi connectivity index (χ1) is 20.8.